The zero-order valence-corrected chi connectivity index (χ0v) is 58.8. The summed E-state index contributed by atoms with van der Waals surface area (Å²) in [5.41, 5.74) is 0. The second-order valence-electron chi connectivity index (χ2n) is 27.8. The van der Waals surface area contributed by atoms with Crippen molar-refractivity contribution in [1.29, 1.82) is 0 Å². The molecular weight excluding hydrogens is 1050 g/mol. The molecule has 0 spiro atoms. The Kier molecular flexibility index (Phi) is 74.8. The summed E-state index contributed by atoms with van der Waals surface area (Å²) < 4.78 is 5.52. The Morgan fingerprint density at radius 2 is 0.547 bits per heavy atom. The van der Waals surface area contributed by atoms with E-state index in [4.69, 9.17) is 4.74 Å². The Morgan fingerprint density at radius 3 is 0.826 bits per heavy atom. The van der Waals surface area contributed by atoms with Gasteiger partial charge in [-0.25, -0.2) is 0 Å². The van der Waals surface area contributed by atoms with Gasteiger partial charge in [0.15, 0.2) is 0 Å². The monoisotopic (exact) mass is 1210 g/mol. The third-order valence-corrected chi connectivity index (χ3v) is 19.1. The van der Waals surface area contributed by atoms with Crippen LogP contribution < -0.4 is 5.32 Å². The summed E-state index contributed by atoms with van der Waals surface area (Å²) in [7, 11) is 0. The summed E-state index contributed by atoms with van der Waals surface area (Å²) in [5, 5.41) is 23.4. The molecule has 0 aromatic heterocycles. The molecule has 1 amide bonds. The molecule has 3 N–H and O–H groups in total. The number of unbranched alkanes of at least 4 members (excludes halogenated alkanes) is 63. The summed E-state index contributed by atoms with van der Waals surface area (Å²) in [5.74, 6) is -0.00331. The molecular formula is C80H157NO5. The van der Waals surface area contributed by atoms with Crippen LogP contribution in [-0.4, -0.2) is 47.4 Å². The quantitative estimate of drug-likeness (QED) is 0.0320. The molecule has 0 aliphatic heterocycles. The van der Waals surface area contributed by atoms with E-state index in [0.29, 0.717) is 25.9 Å². The lowest BCUT2D eigenvalue weighted by Gasteiger charge is -2.22. The highest BCUT2D eigenvalue weighted by Crippen LogP contribution is 2.20. The minimum absolute atomic E-state index is 0.0221. The Morgan fingerprint density at radius 1 is 0.314 bits per heavy atom. The molecule has 6 nitrogen and oxygen atoms in total. The molecule has 6 heteroatoms. The van der Waals surface area contributed by atoms with Crippen LogP contribution in [0, 0.1) is 0 Å². The first-order valence-electron chi connectivity index (χ1n) is 39.9. The highest BCUT2D eigenvalue weighted by Gasteiger charge is 2.20. The van der Waals surface area contributed by atoms with Gasteiger partial charge >= 0.3 is 5.97 Å². The maximum atomic E-state index is 12.5. The van der Waals surface area contributed by atoms with Gasteiger partial charge < -0.3 is 20.3 Å². The largest absolute Gasteiger partial charge is 0.466 e. The van der Waals surface area contributed by atoms with E-state index in [9.17, 15) is 19.8 Å². The molecule has 0 aliphatic carbocycles. The normalized spacial score (nSPS) is 12.5. The maximum Gasteiger partial charge on any atom is 0.305 e. The predicted octanol–water partition coefficient (Wildman–Crippen LogP) is 26.3. The summed E-state index contributed by atoms with van der Waals surface area (Å²) in [6.45, 7) is 5.01. The number of carbonyl (C=O) groups is 2. The molecule has 0 saturated heterocycles. The molecule has 0 fully saturated rings. The maximum absolute atomic E-state index is 12.5. The van der Waals surface area contributed by atoms with Crippen molar-refractivity contribution in [2.75, 3.05) is 13.2 Å². The van der Waals surface area contributed by atoms with E-state index in [-0.39, 0.29) is 18.5 Å². The lowest BCUT2D eigenvalue weighted by atomic mass is 10.0. The van der Waals surface area contributed by atoms with Crippen molar-refractivity contribution < 1.29 is 24.5 Å². The summed E-state index contributed by atoms with van der Waals surface area (Å²) in [4.78, 5) is 24.7. The van der Waals surface area contributed by atoms with Crippen molar-refractivity contribution >= 4 is 11.9 Å². The van der Waals surface area contributed by atoms with Crippen LogP contribution >= 0.6 is 0 Å². The molecule has 2 unspecified atom stereocenters. The fourth-order valence-corrected chi connectivity index (χ4v) is 13.0. The van der Waals surface area contributed by atoms with Gasteiger partial charge in [-0.05, 0) is 51.4 Å². The molecule has 0 aromatic rings. The molecule has 0 radical (unpaired) electrons. The summed E-state index contributed by atoms with van der Waals surface area (Å²) in [6, 6.07) is -0.538. The van der Waals surface area contributed by atoms with E-state index in [1.807, 2.05) is 0 Å². The van der Waals surface area contributed by atoms with Crippen LogP contribution in [0.1, 0.15) is 463 Å². The predicted molar refractivity (Wildman–Crippen MR) is 380 cm³/mol. The number of aliphatic hydroxyl groups excluding tert-OH is 2. The number of allylic oxidation sites excluding steroid dienone is 2. The third kappa shape index (κ3) is 71.7. The molecule has 0 saturated carbocycles. The highest BCUT2D eigenvalue weighted by molar-refractivity contribution is 5.76. The minimum atomic E-state index is -0.661. The molecule has 0 rings (SSSR count). The minimum Gasteiger partial charge on any atom is -0.466 e. The second-order valence-corrected chi connectivity index (χ2v) is 27.8. The topological polar surface area (TPSA) is 95.9 Å². The molecule has 0 bridgehead atoms. The van der Waals surface area contributed by atoms with Gasteiger partial charge in [-0.2, -0.15) is 0 Å². The number of hydrogen-bond donors (Lipinski definition) is 3. The van der Waals surface area contributed by atoms with Crippen LogP contribution in [0.5, 0.6) is 0 Å². The number of carbonyl (C=O) groups excluding carboxylic acids is 2. The molecule has 2 atom stereocenters. The van der Waals surface area contributed by atoms with Crippen molar-refractivity contribution in [3.8, 4) is 0 Å². The number of rotatable bonds is 76. The second kappa shape index (κ2) is 76.1. The van der Waals surface area contributed by atoms with E-state index in [0.717, 1.165) is 38.5 Å². The Labute approximate surface area is 539 Å². The van der Waals surface area contributed by atoms with Crippen molar-refractivity contribution in [3.05, 3.63) is 12.2 Å². The van der Waals surface area contributed by atoms with Gasteiger partial charge in [-0.3, -0.25) is 9.59 Å². The molecule has 0 aromatic carbocycles. The fraction of sp³-hybridized carbons (Fsp3) is 0.950. The molecule has 0 heterocycles. The van der Waals surface area contributed by atoms with E-state index in [2.05, 4.69) is 31.3 Å². The number of esters is 1. The van der Waals surface area contributed by atoms with Gasteiger partial charge in [0.1, 0.15) is 0 Å². The van der Waals surface area contributed by atoms with Gasteiger partial charge in [-0.1, -0.05) is 411 Å². The molecule has 86 heavy (non-hydrogen) atoms. The van der Waals surface area contributed by atoms with E-state index < -0.39 is 12.1 Å². The number of aliphatic hydroxyl groups is 2. The van der Waals surface area contributed by atoms with Crippen molar-refractivity contribution in [2.24, 2.45) is 0 Å². The van der Waals surface area contributed by atoms with Gasteiger partial charge in [-0.15, -0.1) is 0 Å². The molecule has 512 valence electrons. The van der Waals surface area contributed by atoms with Gasteiger partial charge in [0.25, 0.3) is 0 Å². The van der Waals surface area contributed by atoms with Gasteiger partial charge in [0, 0.05) is 12.8 Å². The summed E-state index contributed by atoms with van der Waals surface area (Å²) in [6.07, 6.45) is 95.9. The highest BCUT2D eigenvalue weighted by atomic mass is 16.5. The zero-order chi connectivity index (χ0) is 62.0. The average Bonchev–Trinajstić information content (AvgIpc) is 3.54. The van der Waals surface area contributed by atoms with Crippen molar-refractivity contribution in [1.82, 2.24) is 5.32 Å². The first-order chi connectivity index (χ1) is 42.5. The molecule has 0 aliphatic rings. The van der Waals surface area contributed by atoms with Crippen LogP contribution in [0.3, 0.4) is 0 Å². The lowest BCUT2D eigenvalue weighted by molar-refractivity contribution is -0.143. The van der Waals surface area contributed by atoms with Crippen LogP contribution in [-0.2, 0) is 14.3 Å². The number of hydrogen-bond acceptors (Lipinski definition) is 5. The van der Waals surface area contributed by atoms with E-state index >= 15 is 0 Å². The van der Waals surface area contributed by atoms with Gasteiger partial charge in [0.05, 0.1) is 25.4 Å². The number of nitrogens with one attached hydrogen (secondary N) is 1. The standard InChI is InChI=1S/C80H157NO5/c1-3-5-7-9-11-13-15-17-19-21-37-42-46-50-54-58-62-66-70-74-80(85)86-75-71-67-63-59-55-51-47-43-39-36-34-32-30-28-26-24-23-25-27-29-31-33-35-38-41-45-49-53-57-61-65-69-73-79(84)81-77(76-82)78(83)72-68-64-60-56-52-48-44-40-22-20-18-16-14-12-10-8-6-4-2/h17,19,77-78,82-83H,3-16,18,20-76H2,1-2H3,(H,81,84)/b19-17-. The van der Waals surface area contributed by atoms with Crippen LogP contribution in [0.4, 0.5) is 0 Å². The Hall–Kier alpha value is -1.40. The Bertz CT molecular complexity index is 1300. The van der Waals surface area contributed by atoms with E-state index in [1.54, 1.807) is 0 Å². The first kappa shape index (κ1) is 84.6. The number of amides is 1. The Balaban J connectivity index is 3.30. The first-order valence-corrected chi connectivity index (χ1v) is 39.9. The summed E-state index contributed by atoms with van der Waals surface area (Å²) >= 11 is 0. The van der Waals surface area contributed by atoms with Crippen LogP contribution in [0.2, 0.25) is 0 Å². The number of ether oxygens (including phenoxy) is 1. The van der Waals surface area contributed by atoms with Crippen molar-refractivity contribution in [2.45, 2.75) is 475 Å². The average molecular weight is 1210 g/mol. The smallest absolute Gasteiger partial charge is 0.305 e. The zero-order valence-electron chi connectivity index (χ0n) is 58.8. The van der Waals surface area contributed by atoms with E-state index in [1.165, 1.54) is 392 Å². The third-order valence-electron chi connectivity index (χ3n) is 19.1. The van der Waals surface area contributed by atoms with Crippen molar-refractivity contribution in [3.63, 3.8) is 0 Å². The van der Waals surface area contributed by atoms with Gasteiger partial charge in [0.2, 0.25) is 5.91 Å². The SMILES string of the molecule is CCCCCCCC/C=C\CCCCCCCCCCCC(=O)OCCCCCCCCCCCCCCCCCCCCCCCCCCCCCCCCCCC(=O)NC(CO)C(O)CCCCCCCCCCCCCCCCCCCC. The fourth-order valence-electron chi connectivity index (χ4n) is 13.0. The lowest BCUT2D eigenvalue weighted by Crippen LogP contribution is -2.45. The van der Waals surface area contributed by atoms with Crippen LogP contribution in [0.25, 0.3) is 0 Å². The van der Waals surface area contributed by atoms with Crippen LogP contribution in [0.15, 0.2) is 12.2 Å².